The van der Waals surface area contributed by atoms with Gasteiger partial charge in [0.05, 0.1) is 11.9 Å². The van der Waals surface area contributed by atoms with Gasteiger partial charge >= 0.3 is 0 Å². The van der Waals surface area contributed by atoms with Crippen LogP contribution in [0.25, 0.3) is 5.69 Å². The lowest BCUT2D eigenvalue weighted by atomic mass is 10.1. The first-order chi connectivity index (χ1) is 8.87. The van der Waals surface area contributed by atoms with Crippen molar-refractivity contribution in [3.05, 3.63) is 41.7 Å². The summed E-state index contributed by atoms with van der Waals surface area (Å²) in [4.78, 5) is 0. The van der Waals surface area contributed by atoms with Crippen LogP contribution in [0.2, 0.25) is 0 Å². The number of hydrogen-bond donors (Lipinski definition) is 1. The summed E-state index contributed by atoms with van der Waals surface area (Å²) < 4.78 is 28.2. The van der Waals surface area contributed by atoms with E-state index in [-0.39, 0.29) is 11.2 Å². The van der Waals surface area contributed by atoms with E-state index in [2.05, 4.69) is 15.6 Å². The summed E-state index contributed by atoms with van der Waals surface area (Å²) in [6.45, 7) is 6.52. The number of benzene rings is 1. The fourth-order valence-corrected chi connectivity index (χ4v) is 1.58. The van der Waals surface area contributed by atoms with Crippen molar-refractivity contribution in [1.82, 2.24) is 20.3 Å². The van der Waals surface area contributed by atoms with Gasteiger partial charge in [-0.15, -0.1) is 5.10 Å². The summed E-state index contributed by atoms with van der Waals surface area (Å²) in [7, 11) is 0. The van der Waals surface area contributed by atoms with Crippen LogP contribution < -0.4 is 5.32 Å². The molecule has 0 fully saturated rings. The van der Waals surface area contributed by atoms with Crippen molar-refractivity contribution in [2.45, 2.75) is 32.9 Å². The summed E-state index contributed by atoms with van der Waals surface area (Å²) in [5.41, 5.74) is 0.637. The Morgan fingerprint density at radius 2 is 2.00 bits per heavy atom. The first kappa shape index (κ1) is 13.6. The Morgan fingerprint density at radius 1 is 1.26 bits per heavy atom. The molecule has 1 N–H and O–H groups in total. The fraction of sp³-hybridized carbons (Fsp3) is 0.385. The zero-order valence-electron chi connectivity index (χ0n) is 11.1. The molecule has 0 unspecified atom stereocenters. The van der Waals surface area contributed by atoms with Crippen LogP contribution in [0, 0.1) is 11.6 Å². The average Bonchev–Trinajstić information content (AvgIpc) is 2.77. The molecule has 0 saturated carbocycles. The van der Waals surface area contributed by atoms with Gasteiger partial charge in [-0.3, -0.25) is 0 Å². The van der Waals surface area contributed by atoms with E-state index >= 15 is 0 Å². The maximum Gasteiger partial charge on any atom is 0.149 e. The smallest absolute Gasteiger partial charge is 0.149 e. The summed E-state index contributed by atoms with van der Waals surface area (Å²) in [5.74, 6) is -1.05. The summed E-state index contributed by atoms with van der Waals surface area (Å²) in [6, 6.07) is 3.25. The average molecular weight is 266 g/mol. The standard InChI is InChI=1S/C13H16F2N4/c1-13(2,3)16-7-10-8-17-18-19(10)12-6-9(14)4-5-11(12)15/h4-6,8,16H,7H2,1-3H3. The van der Waals surface area contributed by atoms with Crippen LogP contribution >= 0.6 is 0 Å². The molecule has 0 saturated heterocycles. The van der Waals surface area contributed by atoms with Crippen molar-refractivity contribution in [3.8, 4) is 5.69 Å². The highest BCUT2D eigenvalue weighted by Crippen LogP contribution is 2.16. The topological polar surface area (TPSA) is 42.7 Å². The van der Waals surface area contributed by atoms with Gasteiger partial charge < -0.3 is 5.32 Å². The highest BCUT2D eigenvalue weighted by molar-refractivity contribution is 5.34. The molecule has 102 valence electrons. The molecule has 0 bridgehead atoms. The molecule has 0 spiro atoms. The monoisotopic (exact) mass is 266 g/mol. The van der Waals surface area contributed by atoms with Crippen LogP contribution in [0.4, 0.5) is 8.78 Å². The number of nitrogens with zero attached hydrogens (tertiary/aromatic N) is 3. The maximum absolute atomic E-state index is 13.7. The molecule has 6 heteroatoms. The molecule has 0 atom stereocenters. The molecule has 2 aromatic rings. The number of rotatable bonds is 3. The van der Waals surface area contributed by atoms with E-state index in [4.69, 9.17) is 0 Å². The molecule has 0 aliphatic rings. The van der Waals surface area contributed by atoms with Crippen molar-refractivity contribution in [1.29, 1.82) is 0 Å². The Labute approximate surface area is 110 Å². The number of halogens is 2. The van der Waals surface area contributed by atoms with Gasteiger partial charge in [0.25, 0.3) is 0 Å². The van der Waals surface area contributed by atoms with E-state index in [1.807, 2.05) is 20.8 Å². The van der Waals surface area contributed by atoms with Gasteiger partial charge in [0.1, 0.15) is 17.3 Å². The van der Waals surface area contributed by atoms with Crippen LogP contribution in [0.5, 0.6) is 0 Å². The van der Waals surface area contributed by atoms with E-state index in [0.29, 0.717) is 12.2 Å². The van der Waals surface area contributed by atoms with E-state index in [9.17, 15) is 8.78 Å². The molecule has 0 aliphatic heterocycles. The van der Waals surface area contributed by atoms with E-state index in [0.717, 1.165) is 18.2 Å². The minimum absolute atomic E-state index is 0.0585. The first-order valence-corrected chi connectivity index (χ1v) is 5.97. The van der Waals surface area contributed by atoms with Crippen molar-refractivity contribution in [2.24, 2.45) is 0 Å². The van der Waals surface area contributed by atoms with Gasteiger partial charge in [-0.05, 0) is 32.9 Å². The van der Waals surface area contributed by atoms with Gasteiger partial charge in [0.15, 0.2) is 0 Å². The number of aromatic nitrogens is 3. The number of nitrogens with one attached hydrogen (secondary N) is 1. The van der Waals surface area contributed by atoms with Crippen LogP contribution in [0.1, 0.15) is 26.5 Å². The molecule has 2 rings (SSSR count). The predicted octanol–water partition coefficient (Wildman–Crippen LogP) is 2.43. The lowest BCUT2D eigenvalue weighted by molar-refractivity contribution is 0.417. The Hall–Kier alpha value is -1.82. The lowest BCUT2D eigenvalue weighted by Crippen LogP contribution is -2.35. The molecule has 1 heterocycles. The molecule has 19 heavy (non-hydrogen) atoms. The van der Waals surface area contributed by atoms with Crippen molar-refractivity contribution >= 4 is 0 Å². The Morgan fingerprint density at radius 3 is 2.68 bits per heavy atom. The predicted molar refractivity (Wildman–Crippen MR) is 67.9 cm³/mol. The van der Waals surface area contributed by atoms with Gasteiger partial charge in [-0.2, -0.15) is 0 Å². The Balaban J connectivity index is 2.31. The zero-order valence-corrected chi connectivity index (χ0v) is 11.1. The normalized spacial score (nSPS) is 11.8. The molecular formula is C13H16F2N4. The van der Waals surface area contributed by atoms with Crippen LogP contribution in [-0.2, 0) is 6.54 Å². The molecular weight excluding hydrogens is 250 g/mol. The first-order valence-electron chi connectivity index (χ1n) is 5.97. The molecule has 0 amide bonds. The van der Waals surface area contributed by atoms with Gasteiger partial charge in [0.2, 0.25) is 0 Å². The van der Waals surface area contributed by atoms with Crippen molar-refractivity contribution in [2.75, 3.05) is 0 Å². The third kappa shape index (κ3) is 3.35. The zero-order chi connectivity index (χ0) is 14.0. The van der Waals surface area contributed by atoms with Gasteiger partial charge in [-0.1, -0.05) is 5.21 Å². The highest BCUT2D eigenvalue weighted by atomic mass is 19.1. The Bertz CT molecular complexity index is 572. The third-order valence-corrected chi connectivity index (χ3v) is 2.56. The molecule has 1 aromatic carbocycles. The molecule has 4 nitrogen and oxygen atoms in total. The van der Waals surface area contributed by atoms with Gasteiger partial charge in [-0.25, -0.2) is 13.5 Å². The molecule has 0 aliphatic carbocycles. The van der Waals surface area contributed by atoms with E-state index in [1.165, 1.54) is 10.9 Å². The minimum Gasteiger partial charge on any atom is -0.306 e. The third-order valence-electron chi connectivity index (χ3n) is 2.56. The second-order valence-corrected chi connectivity index (χ2v) is 5.34. The van der Waals surface area contributed by atoms with Crippen LogP contribution in [-0.4, -0.2) is 20.5 Å². The van der Waals surface area contributed by atoms with Crippen LogP contribution in [0.3, 0.4) is 0 Å². The quantitative estimate of drug-likeness (QED) is 0.927. The fourth-order valence-electron chi connectivity index (χ4n) is 1.58. The Kier molecular flexibility index (Phi) is 3.61. The molecule has 0 radical (unpaired) electrons. The highest BCUT2D eigenvalue weighted by Gasteiger charge is 2.14. The van der Waals surface area contributed by atoms with Crippen LogP contribution in [0.15, 0.2) is 24.4 Å². The minimum atomic E-state index is -0.538. The van der Waals surface area contributed by atoms with E-state index < -0.39 is 11.6 Å². The SMILES string of the molecule is CC(C)(C)NCc1cnnn1-c1cc(F)ccc1F. The van der Waals surface area contributed by atoms with Gasteiger partial charge in [0, 0.05) is 18.2 Å². The molecule has 1 aromatic heterocycles. The number of hydrogen-bond acceptors (Lipinski definition) is 3. The largest absolute Gasteiger partial charge is 0.306 e. The maximum atomic E-state index is 13.7. The summed E-state index contributed by atoms with van der Waals surface area (Å²) >= 11 is 0. The van der Waals surface area contributed by atoms with Crippen molar-refractivity contribution < 1.29 is 8.78 Å². The van der Waals surface area contributed by atoms with Crippen molar-refractivity contribution in [3.63, 3.8) is 0 Å². The summed E-state index contributed by atoms with van der Waals surface area (Å²) in [6.07, 6.45) is 1.53. The lowest BCUT2D eigenvalue weighted by Gasteiger charge is -2.20. The van der Waals surface area contributed by atoms with E-state index in [1.54, 1.807) is 0 Å². The second kappa shape index (κ2) is 5.05. The second-order valence-electron chi connectivity index (χ2n) is 5.34. The summed E-state index contributed by atoms with van der Waals surface area (Å²) in [5, 5.41) is 10.8.